The number of pyridine rings is 1. The highest BCUT2D eigenvalue weighted by atomic mass is 79.9. The molecule has 132 valence electrons. The van der Waals surface area contributed by atoms with Crippen molar-refractivity contribution in [3.63, 3.8) is 0 Å². The SMILES string of the molecule is OC(COc1ccccc1)Cn1c2ccc(Br)cc2c2cc(Br)cnc21. The van der Waals surface area contributed by atoms with Gasteiger partial charge in [0.15, 0.2) is 0 Å². The first kappa shape index (κ1) is 17.5. The zero-order valence-electron chi connectivity index (χ0n) is 13.8. The van der Waals surface area contributed by atoms with Crippen molar-refractivity contribution >= 4 is 53.8 Å². The van der Waals surface area contributed by atoms with Gasteiger partial charge in [0.2, 0.25) is 0 Å². The Kier molecular flexibility index (Phi) is 4.98. The number of rotatable bonds is 5. The van der Waals surface area contributed by atoms with Crippen LogP contribution in [0.3, 0.4) is 0 Å². The molecule has 2 aromatic heterocycles. The Balaban J connectivity index is 1.66. The molecule has 26 heavy (non-hydrogen) atoms. The number of halogens is 2. The highest BCUT2D eigenvalue weighted by Gasteiger charge is 2.16. The molecular weight excluding hydrogens is 460 g/mol. The monoisotopic (exact) mass is 474 g/mol. The van der Waals surface area contributed by atoms with Crippen LogP contribution in [-0.4, -0.2) is 27.4 Å². The summed E-state index contributed by atoms with van der Waals surface area (Å²) in [4.78, 5) is 4.57. The fraction of sp³-hybridized carbons (Fsp3) is 0.150. The van der Waals surface area contributed by atoms with Gasteiger partial charge in [0.25, 0.3) is 0 Å². The second kappa shape index (κ2) is 7.39. The lowest BCUT2D eigenvalue weighted by atomic mass is 10.2. The maximum absolute atomic E-state index is 10.5. The van der Waals surface area contributed by atoms with Crippen LogP contribution in [0.2, 0.25) is 0 Å². The van der Waals surface area contributed by atoms with Crippen LogP contribution in [-0.2, 0) is 6.54 Å². The van der Waals surface area contributed by atoms with E-state index in [1.807, 2.05) is 47.0 Å². The molecule has 0 saturated carbocycles. The Morgan fingerprint density at radius 3 is 2.58 bits per heavy atom. The number of ether oxygens (including phenoxy) is 1. The van der Waals surface area contributed by atoms with Crippen molar-refractivity contribution in [1.29, 1.82) is 0 Å². The van der Waals surface area contributed by atoms with E-state index in [1.165, 1.54) is 0 Å². The summed E-state index contributed by atoms with van der Waals surface area (Å²) in [6, 6.07) is 17.7. The molecule has 1 N–H and O–H groups in total. The van der Waals surface area contributed by atoms with Crippen molar-refractivity contribution < 1.29 is 9.84 Å². The van der Waals surface area contributed by atoms with Crippen LogP contribution in [0.4, 0.5) is 0 Å². The molecule has 0 spiro atoms. The average Bonchev–Trinajstić information content (AvgIpc) is 2.93. The molecule has 2 aromatic carbocycles. The minimum absolute atomic E-state index is 0.220. The number of para-hydroxylation sites is 1. The maximum atomic E-state index is 10.5. The summed E-state index contributed by atoms with van der Waals surface area (Å²) in [6.45, 7) is 0.626. The van der Waals surface area contributed by atoms with E-state index in [2.05, 4.69) is 49.0 Å². The summed E-state index contributed by atoms with van der Waals surface area (Å²) in [6.07, 6.45) is 1.13. The first-order chi connectivity index (χ1) is 12.6. The molecule has 6 heteroatoms. The third-order valence-corrected chi connectivity index (χ3v) is 5.13. The fourth-order valence-electron chi connectivity index (χ4n) is 3.08. The maximum Gasteiger partial charge on any atom is 0.141 e. The predicted molar refractivity (Wildman–Crippen MR) is 111 cm³/mol. The Bertz CT molecular complexity index is 1000. The zero-order valence-corrected chi connectivity index (χ0v) is 16.9. The molecule has 0 radical (unpaired) electrons. The van der Waals surface area contributed by atoms with Crippen molar-refractivity contribution in [3.05, 3.63) is 69.7 Å². The molecular formula is C20H16Br2N2O2. The number of hydrogen-bond donors (Lipinski definition) is 1. The van der Waals surface area contributed by atoms with E-state index < -0.39 is 6.10 Å². The summed E-state index contributed by atoms with van der Waals surface area (Å²) in [5, 5.41) is 12.7. The molecule has 0 fully saturated rings. The Morgan fingerprint density at radius 2 is 1.77 bits per heavy atom. The Hall–Kier alpha value is -1.89. The van der Waals surface area contributed by atoms with Gasteiger partial charge in [0.1, 0.15) is 24.1 Å². The predicted octanol–water partition coefficient (Wildman–Crippen LogP) is 5.15. The fourth-order valence-corrected chi connectivity index (χ4v) is 3.77. The lowest BCUT2D eigenvalue weighted by molar-refractivity contribution is 0.0944. The van der Waals surface area contributed by atoms with E-state index in [0.29, 0.717) is 6.54 Å². The van der Waals surface area contributed by atoms with E-state index in [1.54, 1.807) is 6.20 Å². The van der Waals surface area contributed by atoms with E-state index in [4.69, 9.17) is 4.74 Å². The Morgan fingerprint density at radius 1 is 1.00 bits per heavy atom. The first-order valence-corrected chi connectivity index (χ1v) is 9.79. The van der Waals surface area contributed by atoms with Crippen LogP contribution < -0.4 is 4.74 Å². The minimum Gasteiger partial charge on any atom is -0.491 e. The summed E-state index contributed by atoms with van der Waals surface area (Å²) in [5.41, 5.74) is 1.88. The smallest absolute Gasteiger partial charge is 0.141 e. The quantitative estimate of drug-likeness (QED) is 0.434. The van der Waals surface area contributed by atoms with Crippen LogP contribution in [0.1, 0.15) is 0 Å². The van der Waals surface area contributed by atoms with Crippen molar-refractivity contribution in [1.82, 2.24) is 9.55 Å². The highest BCUT2D eigenvalue weighted by Crippen LogP contribution is 2.31. The molecule has 0 aliphatic heterocycles. The summed E-state index contributed by atoms with van der Waals surface area (Å²) in [5.74, 6) is 0.750. The summed E-state index contributed by atoms with van der Waals surface area (Å²) in [7, 11) is 0. The van der Waals surface area contributed by atoms with Gasteiger partial charge < -0.3 is 14.4 Å². The van der Waals surface area contributed by atoms with Crippen molar-refractivity contribution in [3.8, 4) is 5.75 Å². The summed E-state index contributed by atoms with van der Waals surface area (Å²) >= 11 is 7.03. The molecule has 1 atom stereocenters. The van der Waals surface area contributed by atoms with Crippen LogP contribution >= 0.6 is 31.9 Å². The van der Waals surface area contributed by atoms with Gasteiger partial charge in [0.05, 0.1) is 12.1 Å². The largest absolute Gasteiger partial charge is 0.491 e. The van der Waals surface area contributed by atoms with Crippen LogP contribution in [0.15, 0.2) is 69.7 Å². The van der Waals surface area contributed by atoms with Crippen molar-refractivity contribution in [2.45, 2.75) is 12.6 Å². The molecule has 0 amide bonds. The molecule has 0 aliphatic carbocycles. The van der Waals surface area contributed by atoms with E-state index in [-0.39, 0.29) is 6.61 Å². The average molecular weight is 476 g/mol. The molecule has 4 rings (SSSR count). The molecule has 1 unspecified atom stereocenters. The van der Waals surface area contributed by atoms with Crippen LogP contribution in [0, 0.1) is 0 Å². The van der Waals surface area contributed by atoms with Gasteiger partial charge in [-0.15, -0.1) is 0 Å². The number of nitrogens with zero attached hydrogens (tertiary/aromatic N) is 2. The Labute approximate surface area is 167 Å². The van der Waals surface area contributed by atoms with Crippen molar-refractivity contribution in [2.75, 3.05) is 6.61 Å². The van der Waals surface area contributed by atoms with Gasteiger partial charge in [-0.25, -0.2) is 4.98 Å². The molecule has 4 nitrogen and oxygen atoms in total. The molecule has 0 saturated heterocycles. The highest BCUT2D eigenvalue weighted by molar-refractivity contribution is 9.10. The van der Waals surface area contributed by atoms with Crippen molar-refractivity contribution in [2.24, 2.45) is 0 Å². The van der Waals surface area contributed by atoms with E-state index >= 15 is 0 Å². The topological polar surface area (TPSA) is 47.3 Å². The lowest BCUT2D eigenvalue weighted by Gasteiger charge is -2.14. The van der Waals surface area contributed by atoms with E-state index in [9.17, 15) is 5.11 Å². The lowest BCUT2D eigenvalue weighted by Crippen LogP contribution is -2.23. The van der Waals surface area contributed by atoms with Gasteiger partial charge in [-0.2, -0.15) is 0 Å². The standard InChI is InChI=1S/C20H16Br2N2O2/c21-13-6-7-19-17(8-13)18-9-14(22)10-23-20(18)24(19)11-15(25)12-26-16-4-2-1-3-5-16/h1-10,15,25H,11-12H2. The number of aliphatic hydroxyl groups excluding tert-OH is 1. The summed E-state index contributed by atoms with van der Waals surface area (Å²) < 4.78 is 9.66. The van der Waals surface area contributed by atoms with Gasteiger partial charge >= 0.3 is 0 Å². The number of hydrogen-bond acceptors (Lipinski definition) is 3. The zero-order chi connectivity index (χ0) is 18.1. The normalized spacial score (nSPS) is 12.6. The molecule has 0 aliphatic rings. The molecule has 0 bridgehead atoms. The van der Waals surface area contributed by atoms with Crippen LogP contribution in [0.5, 0.6) is 5.75 Å². The molecule has 2 heterocycles. The minimum atomic E-state index is -0.650. The number of benzene rings is 2. The molecule has 4 aromatic rings. The number of aliphatic hydroxyl groups is 1. The van der Waals surface area contributed by atoms with Gasteiger partial charge in [-0.05, 0) is 52.3 Å². The second-order valence-corrected chi connectivity index (χ2v) is 7.91. The first-order valence-electron chi connectivity index (χ1n) is 8.21. The number of aromatic nitrogens is 2. The third-order valence-electron chi connectivity index (χ3n) is 4.21. The van der Waals surface area contributed by atoms with Crippen LogP contribution in [0.25, 0.3) is 21.9 Å². The van der Waals surface area contributed by atoms with Gasteiger partial charge in [-0.1, -0.05) is 34.1 Å². The number of fused-ring (bicyclic) bond motifs is 3. The van der Waals surface area contributed by atoms with E-state index in [0.717, 1.165) is 36.6 Å². The third kappa shape index (κ3) is 3.49. The second-order valence-electron chi connectivity index (χ2n) is 6.07. The van der Waals surface area contributed by atoms with Gasteiger partial charge in [0, 0.05) is 25.9 Å². The van der Waals surface area contributed by atoms with Gasteiger partial charge in [-0.3, -0.25) is 0 Å².